The molecule has 0 aliphatic heterocycles. The lowest BCUT2D eigenvalue weighted by atomic mass is 10.1. The lowest BCUT2D eigenvalue weighted by Crippen LogP contribution is -2.18. The van der Waals surface area contributed by atoms with Crippen LogP contribution in [0.5, 0.6) is 11.5 Å². The largest absolute Gasteiger partial charge is 0.456 e. The Morgan fingerprint density at radius 3 is 2.65 bits per heavy atom. The third-order valence-corrected chi connectivity index (χ3v) is 3.88. The minimum absolute atomic E-state index is 0.0266. The fraction of sp³-hybridized carbons (Fsp3) is 0.250. The van der Waals surface area contributed by atoms with Crippen molar-refractivity contribution in [1.29, 1.82) is 0 Å². The molecule has 4 heteroatoms. The van der Waals surface area contributed by atoms with Gasteiger partial charge in [0.2, 0.25) is 0 Å². The van der Waals surface area contributed by atoms with Crippen LogP contribution < -0.4 is 10.5 Å². The van der Waals surface area contributed by atoms with Crippen LogP contribution in [0.15, 0.2) is 40.9 Å². The van der Waals surface area contributed by atoms with Crippen molar-refractivity contribution in [3.05, 3.63) is 57.0 Å². The second kappa shape index (κ2) is 6.61. The fourth-order valence-electron chi connectivity index (χ4n) is 1.96. The molecule has 20 heavy (non-hydrogen) atoms. The molecular weight excluding hydrogens is 338 g/mol. The first-order chi connectivity index (χ1) is 9.47. The number of ether oxygens (including phenoxy) is 1. The lowest BCUT2D eigenvalue weighted by molar-refractivity contribution is 0.471. The number of hydrogen-bond acceptors (Lipinski definition) is 2. The number of hydrogen-bond donors (Lipinski definition) is 1. The smallest absolute Gasteiger partial charge is 0.141 e. The van der Waals surface area contributed by atoms with Gasteiger partial charge < -0.3 is 10.5 Å². The van der Waals surface area contributed by atoms with Gasteiger partial charge in [0.15, 0.2) is 0 Å². The zero-order valence-electron chi connectivity index (χ0n) is 11.5. The van der Waals surface area contributed by atoms with Crippen LogP contribution in [-0.4, -0.2) is 6.04 Å². The molecule has 0 amide bonds. The number of rotatable bonds is 4. The Labute approximate surface area is 133 Å². The molecule has 0 spiro atoms. The molecule has 2 rings (SSSR count). The molecule has 0 fully saturated rings. The van der Waals surface area contributed by atoms with E-state index in [1.54, 1.807) is 0 Å². The number of benzene rings is 2. The van der Waals surface area contributed by atoms with E-state index in [4.69, 9.17) is 22.1 Å². The average Bonchev–Trinajstić information content (AvgIpc) is 2.36. The first-order valence-corrected chi connectivity index (χ1v) is 7.61. The summed E-state index contributed by atoms with van der Waals surface area (Å²) in [5, 5.41) is 0.683. The maximum atomic E-state index is 6.26. The maximum absolute atomic E-state index is 6.26. The van der Waals surface area contributed by atoms with Crippen LogP contribution in [0.25, 0.3) is 0 Å². The normalized spacial score (nSPS) is 12.2. The van der Waals surface area contributed by atoms with Crippen LogP contribution in [-0.2, 0) is 6.42 Å². The summed E-state index contributed by atoms with van der Waals surface area (Å²) in [6.45, 7) is 3.99. The first-order valence-electron chi connectivity index (χ1n) is 6.44. The van der Waals surface area contributed by atoms with Crippen molar-refractivity contribution < 1.29 is 4.74 Å². The Morgan fingerprint density at radius 1 is 1.25 bits per heavy atom. The quantitative estimate of drug-likeness (QED) is 0.829. The zero-order valence-corrected chi connectivity index (χ0v) is 13.8. The van der Waals surface area contributed by atoms with Crippen LogP contribution in [0.4, 0.5) is 0 Å². The summed E-state index contributed by atoms with van der Waals surface area (Å²) in [5.74, 6) is 1.52. The molecular formula is C16H17BrClNO. The summed E-state index contributed by atoms with van der Waals surface area (Å²) < 4.78 is 6.91. The summed E-state index contributed by atoms with van der Waals surface area (Å²) in [6.07, 6.45) is 0.679. The highest BCUT2D eigenvalue weighted by molar-refractivity contribution is 9.10. The van der Waals surface area contributed by atoms with Gasteiger partial charge in [0, 0.05) is 16.6 Å². The predicted molar refractivity (Wildman–Crippen MR) is 87.8 cm³/mol. The SMILES string of the molecule is Cc1ccc(Oc2cccc(Cl)c2CC(C)N)c(Br)c1. The van der Waals surface area contributed by atoms with Gasteiger partial charge in [-0.3, -0.25) is 0 Å². The number of aryl methyl sites for hydroxylation is 1. The van der Waals surface area contributed by atoms with E-state index in [0.717, 1.165) is 21.5 Å². The molecule has 2 nitrogen and oxygen atoms in total. The molecule has 2 aromatic carbocycles. The fourth-order valence-corrected chi connectivity index (χ4v) is 2.78. The average molecular weight is 355 g/mol. The molecule has 0 saturated carbocycles. The molecule has 2 N–H and O–H groups in total. The van der Waals surface area contributed by atoms with Crippen LogP contribution in [0, 0.1) is 6.92 Å². The third kappa shape index (κ3) is 3.75. The summed E-state index contributed by atoms with van der Waals surface area (Å²) in [6, 6.07) is 11.6. The highest BCUT2D eigenvalue weighted by atomic mass is 79.9. The van der Waals surface area contributed by atoms with Gasteiger partial charge in [-0.15, -0.1) is 0 Å². The van der Waals surface area contributed by atoms with Crippen molar-refractivity contribution in [3.63, 3.8) is 0 Å². The van der Waals surface area contributed by atoms with Gasteiger partial charge in [0.25, 0.3) is 0 Å². The molecule has 0 aromatic heterocycles. The minimum Gasteiger partial charge on any atom is -0.456 e. The molecule has 1 atom stereocenters. The van der Waals surface area contributed by atoms with Crippen LogP contribution >= 0.6 is 27.5 Å². The molecule has 2 aromatic rings. The van der Waals surface area contributed by atoms with E-state index >= 15 is 0 Å². The van der Waals surface area contributed by atoms with E-state index in [0.29, 0.717) is 11.4 Å². The highest BCUT2D eigenvalue weighted by Gasteiger charge is 2.12. The Bertz CT molecular complexity index is 613. The van der Waals surface area contributed by atoms with Crippen LogP contribution in [0.3, 0.4) is 0 Å². The summed E-state index contributed by atoms with van der Waals surface area (Å²) >= 11 is 9.77. The van der Waals surface area contributed by atoms with E-state index < -0.39 is 0 Å². The second-order valence-corrected chi connectivity index (χ2v) is 6.20. The summed E-state index contributed by atoms with van der Waals surface area (Å²) in [7, 11) is 0. The Hall–Kier alpha value is -1.03. The summed E-state index contributed by atoms with van der Waals surface area (Å²) in [5.41, 5.74) is 8.00. The van der Waals surface area contributed by atoms with Gasteiger partial charge in [-0.1, -0.05) is 23.7 Å². The predicted octanol–water partition coefficient (Wildman–Crippen LogP) is 5.09. The van der Waals surface area contributed by atoms with Crippen molar-refractivity contribution >= 4 is 27.5 Å². The van der Waals surface area contributed by atoms with Crippen LogP contribution in [0.1, 0.15) is 18.1 Å². The van der Waals surface area contributed by atoms with Gasteiger partial charge in [-0.25, -0.2) is 0 Å². The summed E-state index contributed by atoms with van der Waals surface area (Å²) in [4.78, 5) is 0. The van der Waals surface area contributed by atoms with Crippen molar-refractivity contribution in [1.82, 2.24) is 0 Å². The van der Waals surface area contributed by atoms with Crippen molar-refractivity contribution in [2.45, 2.75) is 26.3 Å². The topological polar surface area (TPSA) is 35.2 Å². The molecule has 0 aliphatic rings. The standard InChI is InChI=1S/C16H17BrClNO/c1-10-6-7-16(13(17)8-10)20-15-5-3-4-14(18)12(15)9-11(2)19/h3-8,11H,9,19H2,1-2H3. The van der Waals surface area contributed by atoms with E-state index in [9.17, 15) is 0 Å². The number of nitrogens with two attached hydrogens (primary N) is 1. The van der Waals surface area contributed by atoms with E-state index in [1.165, 1.54) is 5.56 Å². The Morgan fingerprint density at radius 2 is 2.00 bits per heavy atom. The lowest BCUT2D eigenvalue weighted by Gasteiger charge is -2.15. The second-order valence-electron chi connectivity index (χ2n) is 4.93. The number of halogens is 2. The highest BCUT2D eigenvalue weighted by Crippen LogP contribution is 2.35. The molecule has 0 heterocycles. The van der Waals surface area contributed by atoms with Crippen molar-refractivity contribution in [3.8, 4) is 11.5 Å². The maximum Gasteiger partial charge on any atom is 0.141 e. The van der Waals surface area contributed by atoms with E-state index in [1.807, 2.05) is 50.2 Å². The van der Waals surface area contributed by atoms with Gasteiger partial charge in [0.05, 0.1) is 4.47 Å². The van der Waals surface area contributed by atoms with E-state index in [-0.39, 0.29) is 6.04 Å². The van der Waals surface area contributed by atoms with Gasteiger partial charge in [-0.2, -0.15) is 0 Å². The van der Waals surface area contributed by atoms with Gasteiger partial charge in [-0.05, 0) is 66.0 Å². The Balaban J connectivity index is 2.35. The first kappa shape index (κ1) is 15.4. The molecule has 0 aliphatic carbocycles. The van der Waals surface area contributed by atoms with Gasteiger partial charge >= 0.3 is 0 Å². The molecule has 1 unspecified atom stereocenters. The zero-order chi connectivity index (χ0) is 14.7. The van der Waals surface area contributed by atoms with Crippen molar-refractivity contribution in [2.75, 3.05) is 0 Å². The van der Waals surface area contributed by atoms with E-state index in [2.05, 4.69) is 15.9 Å². The third-order valence-electron chi connectivity index (χ3n) is 2.91. The monoisotopic (exact) mass is 353 g/mol. The molecule has 0 bridgehead atoms. The minimum atomic E-state index is 0.0266. The van der Waals surface area contributed by atoms with Gasteiger partial charge in [0.1, 0.15) is 11.5 Å². The van der Waals surface area contributed by atoms with Crippen LogP contribution in [0.2, 0.25) is 5.02 Å². The van der Waals surface area contributed by atoms with Crippen molar-refractivity contribution in [2.24, 2.45) is 5.73 Å². The molecule has 0 saturated heterocycles. The molecule has 106 valence electrons. The molecule has 0 radical (unpaired) electrons. The Kier molecular flexibility index (Phi) is 5.08.